The summed E-state index contributed by atoms with van der Waals surface area (Å²) in [6, 6.07) is 4.34. The summed E-state index contributed by atoms with van der Waals surface area (Å²) in [6.07, 6.45) is -4.69. The topological polar surface area (TPSA) is 72.2 Å². The molecule has 0 aliphatic rings. The number of amides is 1. The van der Waals surface area contributed by atoms with Gasteiger partial charge in [0.25, 0.3) is 0 Å². The molecule has 0 atom stereocenters. The fourth-order valence-electron chi connectivity index (χ4n) is 1.90. The van der Waals surface area contributed by atoms with E-state index in [2.05, 4.69) is 26.4 Å². The molecule has 23 heavy (non-hydrogen) atoms. The van der Waals surface area contributed by atoms with E-state index >= 15 is 0 Å². The predicted octanol–water partition coefficient (Wildman–Crippen LogP) is 3.57. The third kappa shape index (κ3) is 3.61. The Kier molecular flexibility index (Phi) is 4.88. The lowest BCUT2D eigenvalue weighted by Crippen LogP contribution is -2.18. The summed E-state index contributed by atoms with van der Waals surface area (Å²) in [5.41, 5.74) is -2.07. The van der Waals surface area contributed by atoms with E-state index in [0.29, 0.717) is 0 Å². The number of nitrogens with one attached hydrogen (secondary N) is 1. The normalized spacial score (nSPS) is 11.3. The van der Waals surface area contributed by atoms with E-state index in [1.807, 2.05) is 0 Å². The molecular formula is C14H10BrF3N2O3. The summed E-state index contributed by atoms with van der Waals surface area (Å²) < 4.78 is 43.9. The van der Waals surface area contributed by atoms with Gasteiger partial charge in [-0.15, -0.1) is 0 Å². The first-order valence-corrected chi connectivity index (χ1v) is 7.41. The maximum Gasteiger partial charge on any atom is 0.417 e. The van der Waals surface area contributed by atoms with Crippen molar-refractivity contribution in [1.29, 1.82) is 0 Å². The lowest BCUT2D eigenvalue weighted by Gasteiger charge is -2.11. The number of rotatable bonds is 4. The molecule has 1 heterocycles. The van der Waals surface area contributed by atoms with E-state index in [4.69, 9.17) is 4.52 Å². The Labute approximate surface area is 137 Å². The van der Waals surface area contributed by atoms with Crippen molar-refractivity contribution < 1.29 is 27.3 Å². The predicted molar refractivity (Wildman–Crippen MR) is 78.5 cm³/mol. The van der Waals surface area contributed by atoms with Crippen LogP contribution in [-0.2, 0) is 11.0 Å². The number of aryl methyl sites for hydroxylation is 1. The van der Waals surface area contributed by atoms with Crippen LogP contribution in [0.1, 0.15) is 27.4 Å². The van der Waals surface area contributed by atoms with E-state index in [-0.39, 0.29) is 22.5 Å². The van der Waals surface area contributed by atoms with Gasteiger partial charge in [0.05, 0.1) is 10.9 Å². The van der Waals surface area contributed by atoms with Crippen LogP contribution in [0.25, 0.3) is 0 Å². The third-order valence-electron chi connectivity index (χ3n) is 2.94. The summed E-state index contributed by atoms with van der Waals surface area (Å²) in [5, 5.41) is 5.80. The molecule has 0 unspecified atom stereocenters. The van der Waals surface area contributed by atoms with E-state index < -0.39 is 29.0 Å². The maximum atomic E-state index is 13.0. The molecule has 5 nitrogen and oxygen atoms in total. The molecule has 0 radical (unpaired) electrons. The molecule has 0 saturated heterocycles. The van der Waals surface area contributed by atoms with Crippen LogP contribution in [0.4, 0.5) is 18.9 Å². The van der Waals surface area contributed by atoms with Crippen LogP contribution < -0.4 is 5.32 Å². The van der Waals surface area contributed by atoms with Crippen LogP contribution in [0, 0.1) is 6.92 Å². The van der Waals surface area contributed by atoms with Gasteiger partial charge < -0.3 is 9.84 Å². The number of hydrogen-bond donors (Lipinski definition) is 1. The lowest BCUT2D eigenvalue weighted by atomic mass is 10.0. The van der Waals surface area contributed by atoms with Crippen molar-refractivity contribution in [2.75, 3.05) is 10.6 Å². The first-order valence-electron chi connectivity index (χ1n) is 6.28. The highest BCUT2D eigenvalue weighted by atomic mass is 79.9. The van der Waals surface area contributed by atoms with Gasteiger partial charge in [0, 0.05) is 5.56 Å². The van der Waals surface area contributed by atoms with Crippen LogP contribution in [0.3, 0.4) is 0 Å². The zero-order valence-electron chi connectivity index (χ0n) is 11.7. The van der Waals surface area contributed by atoms with E-state index in [0.717, 1.165) is 12.1 Å². The average molecular weight is 391 g/mol. The van der Waals surface area contributed by atoms with Gasteiger partial charge in [0.2, 0.25) is 11.7 Å². The number of aromatic nitrogens is 1. The highest BCUT2D eigenvalue weighted by molar-refractivity contribution is 9.09. The fraction of sp³-hybridized carbons (Fsp3) is 0.214. The Balaban J connectivity index is 2.49. The monoisotopic (exact) mass is 390 g/mol. The first-order chi connectivity index (χ1) is 10.8. The molecule has 1 amide bonds. The van der Waals surface area contributed by atoms with Gasteiger partial charge in [-0.2, -0.15) is 13.2 Å². The quantitative estimate of drug-likeness (QED) is 0.639. The number of nitrogens with zero attached hydrogens (tertiary/aromatic N) is 1. The molecule has 0 aliphatic carbocycles. The van der Waals surface area contributed by atoms with E-state index in [9.17, 15) is 22.8 Å². The van der Waals surface area contributed by atoms with Crippen LogP contribution in [-0.4, -0.2) is 22.2 Å². The van der Waals surface area contributed by atoms with Crippen molar-refractivity contribution in [2.24, 2.45) is 0 Å². The van der Waals surface area contributed by atoms with Crippen molar-refractivity contribution in [3.8, 4) is 0 Å². The Morgan fingerprint density at radius 1 is 1.30 bits per heavy atom. The van der Waals surface area contributed by atoms with Crippen molar-refractivity contribution >= 4 is 33.3 Å². The number of benzene rings is 1. The Hall–Kier alpha value is -2.16. The molecule has 0 aliphatic heterocycles. The number of alkyl halides is 4. The van der Waals surface area contributed by atoms with Crippen LogP contribution in [0.15, 0.2) is 28.8 Å². The van der Waals surface area contributed by atoms with Crippen LogP contribution >= 0.6 is 15.9 Å². The fourth-order valence-corrected chi connectivity index (χ4v) is 2.04. The summed E-state index contributed by atoms with van der Waals surface area (Å²) in [5.74, 6) is -1.36. The minimum atomic E-state index is -4.69. The molecule has 0 fully saturated rings. The summed E-state index contributed by atoms with van der Waals surface area (Å²) in [7, 11) is 0. The average Bonchev–Trinajstić information content (AvgIpc) is 2.86. The Bertz CT molecular complexity index is 756. The minimum Gasteiger partial charge on any atom is -0.359 e. The van der Waals surface area contributed by atoms with Crippen LogP contribution in [0.5, 0.6) is 0 Å². The zero-order valence-corrected chi connectivity index (χ0v) is 13.3. The maximum absolute atomic E-state index is 13.0. The van der Waals surface area contributed by atoms with Gasteiger partial charge in [-0.05, 0) is 13.0 Å². The summed E-state index contributed by atoms with van der Waals surface area (Å²) >= 11 is 2.93. The van der Waals surface area contributed by atoms with Crippen LogP contribution in [0.2, 0.25) is 0 Å². The van der Waals surface area contributed by atoms with Gasteiger partial charge >= 0.3 is 6.18 Å². The molecule has 1 aromatic heterocycles. The van der Waals surface area contributed by atoms with E-state index in [1.54, 1.807) is 0 Å². The molecule has 2 rings (SSSR count). The summed E-state index contributed by atoms with van der Waals surface area (Å²) in [4.78, 5) is 23.9. The SMILES string of the molecule is Cc1onc(C(=O)c2ccccc2C(F)(F)F)c1NC(=O)CBr. The second kappa shape index (κ2) is 6.53. The Morgan fingerprint density at radius 3 is 2.57 bits per heavy atom. The molecule has 9 heteroatoms. The van der Waals surface area contributed by atoms with Crippen molar-refractivity contribution in [2.45, 2.75) is 13.1 Å². The summed E-state index contributed by atoms with van der Waals surface area (Å²) in [6.45, 7) is 1.43. The smallest absolute Gasteiger partial charge is 0.359 e. The zero-order chi connectivity index (χ0) is 17.2. The first kappa shape index (κ1) is 17.2. The van der Waals surface area contributed by atoms with Gasteiger partial charge in [0.15, 0.2) is 11.5 Å². The molecule has 2 aromatic rings. The third-order valence-corrected chi connectivity index (χ3v) is 3.45. The molecule has 0 saturated carbocycles. The van der Waals surface area contributed by atoms with Gasteiger partial charge in [-0.25, -0.2) is 0 Å². The number of ketones is 1. The standard InChI is InChI=1S/C14H10BrF3N2O3/c1-7-11(19-10(21)6-15)12(20-23-7)13(22)8-4-2-3-5-9(8)14(16,17)18/h2-5H,6H2,1H3,(H,19,21). The number of carbonyl (C=O) groups is 2. The molecular weight excluding hydrogens is 381 g/mol. The highest BCUT2D eigenvalue weighted by Crippen LogP contribution is 2.34. The van der Waals surface area contributed by atoms with Gasteiger partial charge in [0.1, 0.15) is 5.69 Å². The number of anilines is 1. The van der Waals surface area contributed by atoms with Crippen molar-refractivity contribution in [3.63, 3.8) is 0 Å². The highest BCUT2D eigenvalue weighted by Gasteiger charge is 2.36. The second-order valence-electron chi connectivity index (χ2n) is 4.52. The molecule has 1 N–H and O–H groups in total. The number of hydrogen-bond acceptors (Lipinski definition) is 4. The largest absolute Gasteiger partial charge is 0.417 e. The molecule has 122 valence electrons. The second-order valence-corrected chi connectivity index (χ2v) is 5.08. The Morgan fingerprint density at radius 2 is 1.96 bits per heavy atom. The number of carbonyl (C=O) groups excluding carboxylic acids is 2. The van der Waals surface area contributed by atoms with Gasteiger partial charge in [-0.3, -0.25) is 9.59 Å². The van der Waals surface area contributed by atoms with Crippen molar-refractivity contribution in [1.82, 2.24) is 5.16 Å². The molecule has 0 spiro atoms. The van der Waals surface area contributed by atoms with Gasteiger partial charge in [-0.1, -0.05) is 39.3 Å². The molecule has 1 aromatic carbocycles. The van der Waals surface area contributed by atoms with Crippen molar-refractivity contribution in [3.05, 3.63) is 46.8 Å². The molecule has 0 bridgehead atoms. The number of halogens is 4. The minimum absolute atomic E-state index is 0.0450. The van der Waals surface area contributed by atoms with E-state index in [1.165, 1.54) is 19.1 Å². The lowest BCUT2D eigenvalue weighted by molar-refractivity contribution is -0.137.